The summed E-state index contributed by atoms with van der Waals surface area (Å²) in [4.78, 5) is 12.7. The van der Waals surface area contributed by atoms with Crippen molar-refractivity contribution < 1.29 is 23.7 Å². The molecule has 0 bridgehead atoms. The zero-order valence-corrected chi connectivity index (χ0v) is 14.2. The SMILES string of the molecule is COc1ccc(C(=O)[C@@H](N)c2ccc(OC)c(OC)c2)cc1OC. The van der Waals surface area contributed by atoms with Crippen molar-refractivity contribution in [1.82, 2.24) is 0 Å². The van der Waals surface area contributed by atoms with Crippen molar-refractivity contribution in [3.63, 3.8) is 0 Å². The smallest absolute Gasteiger partial charge is 0.184 e. The van der Waals surface area contributed by atoms with Crippen LogP contribution in [-0.2, 0) is 0 Å². The lowest BCUT2D eigenvalue weighted by molar-refractivity contribution is 0.0961. The summed E-state index contributed by atoms with van der Waals surface area (Å²) in [5.41, 5.74) is 7.20. The fourth-order valence-electron chi connectivity index (χ4n) is 2.37. The first-order valence-electron chi connectivity index (χ1n) is 7.29. The van der Waals surface area contributed by atoms with Crippen molar-refractivity contribution in [2.45, 2.75) is 6.04 Å². The minimum Gasteiger partial charge on any atom is -0.493 e. The highest BCUT2D eigenvalue weighted by atomic mass is 16.5. The van der Waals surface area contributed by atoms with E-state index in [9.17, 15) is 4.79 Å². The first-order valence-corrected chi connectivity index (χ1v) is 7.29. The van der Waals surface area contributed by atoms with Gasteiger partial charge in [-0.3, -0.25) is 4.79 Å². The van der Waals surface area contributed by atoms with Crippen molar-refractivity contribution in [1.29, 1.82) is 0 Å². The lowest BCUT2D eigenvalue weighted by Crippen LogP contribution is -2.21. The highest BCUT2D eigenvalue weighted by Gasteiger charge is 2.21. The zero-order chi connectivity index (χ0) is 17.7. The van der Waals surface area contributed by atoms with Gasteiger partial charge in [-0.25, -0.2) is 0 Å². The summed E-state index contributed by atoms with van der Waals surface area (Å²) in [5, 5.41) is 0. The number of carbonyl (C=O) groups excluding carboxylic acids is 1. The summed E-state index contributed by atoms with van der Waals surface area (Å²) in [6, 6.07) is 9.27. The predicted octanol–water partition coefficient (Wildman–Crippen LogP) is 2.60. The van der Waals surface area contributed by atoms with Crippen molar-refractivity contribution in [2.75, 3.05) is 28.4 Å². The van der Waals surface area contributed by atoms with Gasteiger partial charge >= 0.3 is 0 Å². The second kappa shape index (κ2) is 7.70. The van der Waals surface area contributed by atoms with Crippen LogP contribution >= 0.6 is 0 Å². The van der Waals surface area contributed by atoms with E-state index in [0.29, 0.717) is 34.1 Å². The fraction of sp³-hybridized carbons (Fsp3) is 0.278. The summed E-state index contributed by atoms with van der Waals surface area (Å²) in [7, 11) is 6.13. The summed E-state index contributed by atoms with van der Waals surface area (Å²) in [5.74, 6) is 1.89. The van der Waals surface area contributed by atoms with Gasteiger partial charge in [0.1, 0.15) is 0 Å². The summed E-state index contributed by atoms with van der Waals surface area (Å²) in [6.07, 6.45) is 0. The molecule has 0 amide bonds. The van der Waals surface area contributed by atoms with E-state index in [1.54, 1.807) is 43.5 Å². The zero-order valence-electron chi connectivity index (χ0n) is 14.2. The topological polar surface area (TPSA) is 80.0 Å². The number of methoxy groups -OCH3 is 4. The molecule has 6 nitrogen and oxygen atoms in total. The first-order chi connectivity index (χ1) is 11.5. The lowest BCUT2D eigenvalue weighted by atomic mass is 9.97. The van der Waals surface area contributed by atoms with E-state index in [1.807, 2.05) is 0 Å². The van der Waals surface area contributed by atoms with Crippen molar-refractivity contribution >= 4 is 5.78 Å². The maximum atomic E-state index is 12.7. The number of carbonyl (C=O) groups is 1. The molecule has 128 valence electrons. The number of ketones is 1. The number of rotatable bonds is 7. The van der Waals surface area contributed by atoms with E-state index in [0.717, 1.165) is 0 Å². The molecule has 0 saturated heterocycles. The van der Waals surface area contributed by atoms with Crippen LogP contribution in [0.25, 0.3) is 0 Å². The van der Waals surface area contributed by atoms with E-state index >= 15 is 0 Å². The molecule has 2 N–H and O–H groups in total. The molecule has 0 aliphatic carbocycles. The van der Waals surface area contributed by atoms with Gasteiger partial charge in [0, 0.05) is 5.56 Å². The molecule has 0 aliphatic heterocycles. The van der Waals surface area contributed by atoms with Crippen LogP contribution in [0, 0.1) is 0 Å². The number of nitrogens with two attached hydrogens (primary N) is 1. The molecule has 0 saturated carbocycles. The third-order valence-electron chi connectivity index (χ3n) is 3.72. The third kappa shape index (κ3) is 3.44. The predicted molar refractivity (Wildman–Crippen MR) is 90.4 cm³/mol. The van der Waals surface area contributed by atoms with Crippen LogP contribution in [0.1, 0.15) is 22.0 Å². The molecule has 2 aromatic carbocycles. The third-order valence-corrected chi connectivity index (χ3v) is 3.72. The Morgan fingerprint density at radius 2 is 1.29 bits per heavy atom. The Hall–Kier alpha value is -2.73. The molecule has 0 unspecified atom stereocenters. The van der Waals surface area contributed by atoms with Gasteiger partial charge in [0.05, 0.1) is 34.5 Å². The molecule has 2 aromatic rings. The van der Waals surface area contributed by atoms with Crippen molar-refractivity contribution in [2.24, 2.45) is 5.73 Å². The molecule has 24 heavy (non-hydrogen) atoms. The highest BCUT2D eigenvalue weighted by Crippen LogP contribution is 2.32. The number of benzene rings is 2. The van der Waals surface area contributed by atoms with Crippen LogP contribution in [0.15, 0.2) is 36.4 Å². The van der Waals surface area contributed by atoms with Crippen molar-refractivity contribution in [3.8, 4) is 23.0 Å². The van der Waals surface area contributed by atoms with Gasteiger partial charge < -0.3 is 24.7 Å². The van der Waals surface area contributed by atoms with Gasteiger partial charge in [-0.2, -0.15) is 0 Å². The second-order valence-electron chi connectivity index (χ2n) is 5.03. The Labute approximate surface area is 141 Å². The quantitative estimate of drug-likeness (QED) is 0.786. The van der Waals surface area contributed by atoms with Crippen LogP contribution in [0.2, 0.25) is 0 Å². The standard InChI is InChI=1S/C18H21NO5/c1-21-13-7-5-11(9-15(13)23-3)17(19)18(20)12-6-8-14(22-2)16(10-12)24-4/h5-10,17H,19H2,1-4H3/t17-/m0/s1. The first kappa shape index (κ1) is 17.6. The van der Waals surface area contributed by atoms with E-state index in [-0.39, 0.29) is 5.78 Å². The average molecular weight is 331 g/mol. The molecule has 0 radical (unpaired) electrons. The van der Waals surface area contributed by atoms with Crippen LogP contribution in [0.4, 0.5) is 0 Å². The van der Waals surface area contributed by atoms with Gasteiger partial charge in [-0.05, 0) is 35.9 Å². The van der Waals surface area contributed by atoms with Gasteiger partial charge in [0.2, 0.25) is 0 Å². The molecule has 0 heterocycles. The molecule has 0 fully saturated rings. The lowest BCUT2D eigenvalue weighted by Gasteiger charge is -2.15. The van der Waals surface area contributed by atoms with E-state index < -0.39 is 6.04 Å². The fourth-order valence-corrected chi connectivity index (χ4v) is 2.37. The van der Waals surface area contributed by atoms with E-state index in [2.05, 4.69) is 0 Å². The number of Topliss-reactive ketones (excluding diaryl/α,β-unsaturated/α-hetero) is 1. The molecular weight excluding hydrogens is 310 g/mol. The monoisotopic (exact) mass is 331 g/mol. The molecule has 6 heteroatoms. The Balaban J connectivity index is 2.32. The molecule has 1 atom stereocenters. The normalized spacial score (nSPS) is 11.5. The highest BCUT2D eigenvalue weighted by molar-refractivity contribution is 6.01. The van der Waals surface area contributed by atoms with Crippen LogP contribution in [0.3, 0.4) is 0 Å². The average Bonchev–Trinajstić information content (AvgIpc) is 2.65. The van der Waals surface area contributed by atoms with Crippen LogP contribution in [-0.4, -0.2) is 34.2 Å². The number of ether oxygens (including phenoxy) is 4. The Kier molecular flexibility index (Phi) is 5.65. The van der Waals surface area contributed by atoms with Gasteiger partial charge in [-0.1, -0.05) is 6.07 Å². The Morgan fingerprint density at radius 1 is 0.792 bits per heavy atom. The van der Waals surface area contributed by atoms with E-state index in [1.165, 1.54) is 21.3 Å². The molecule has 0 aromatic heterocycles. The molecule has 2 rings (SSSR count). The minimum absolute atomic E-state index is 0.233. The van der Waals surface area contributed by atoms with Crippen LogP contribution < -0.4 is 24.7 Å². The summed E-state index contributed by atoms with van der Waals surface area (Å²) in [6.45, 7) is 0. The number of hydrogen-bond donors (Lipinski definition) is 1. The Morgan fingerprint density at radius 3 is 1.83 bits per heavy atom. The Bertz CT molecular complexity index is 729. The van der Waals surface area contributed by atoms with E-state index in [4.69, 9.17) is 24.7 Å². The maximum Gasteiger partial charge on any atom is 0.184 e. The molecule has 0 aliphatic rings. The maximum absolute atomic E-state index is 12.7. The minimum atomic E-state index is -0.831. The van der Waals surface area contributed by atoms with Gasteiger partial charge in [0.25, 0.3) is 0 Å². The second-order valence-corrected chi connectivity index (χ2v) is 5.03. The van der Waals surface area contributed by atoms with Crippen LogP contribution in [0.5, 0.6) is 23.0 Å². The molecular formula is C18H21NO5. The van der Waals surface area contributed by atoms with Gasteiger partial charge in [0.15, 0.2) is 28.8 Å². The summed E-state index contributed by atoms with van der Waals surface area (Å²) < 4.78 is 20.8. The summed E-state index contributed by atoms with van der Waals surface area (Å²) >= 11 is 0. The molecule has 0 spiro atoms. The number of hydrogen-bond acceptors (Lipinski definition) is 6. The largest absolute Gasteiger partial charge is 0.493 e. The van der Waals surface area contributed by atoms with Gasteiger partial charge in [-0.15, -0.1) is 0 Å². The van der Waals surface area contributed by atoms with Crippen molar-refractivity contribution in [3.05, 3.63) is 47.5 Å².